The predicted octanol–water partition coefficient (Wildman–Crippen LogP) is 4.40. The molecule has 0 spiro atoms. The number of aromatic hydroxyl groups is 1. The lowest BCUT2D eigenvalue weighted by Crippen LogP contribution is -2.49. The summed E-state index contributed by atoms with van der Waals surface area (Å²) in [6.07, 6.45) is 10.8. The Hall–Kier alpha value is -3.23. The van der Waals surface area contributed by atoms with Crippen molar-refractivity contribution in [3.63, 3.8) is 0 Å². The molecule has 1 amide bonds. The predicted molar refractivity (Wildman–Crippen MR) is 151 cm³/mol. The summed E-state index contributed by atoms with van der Waals surface area (Å²) in [5.74, 6) is 0.882. The van der Waals surface area contributed by atoms with E-state index in [1.54, 1.807) is 6.07 Å². The lowest BCUT2D eigenvalue weighted by Gasteiger charge is -2.41. The number of carbonyl (C=O) groups excluding carboxylic acids is 1. The van der Waals surface area contributed by atoms with E-state index < -0.39 is 0 Å². The van der Waals surface area contributed by atoms with Crippen LogP contribution in [-0.2, 0) is 4.79 Å². The molecule has 0 radical (unpaired) electrons. The number of H-pyrrole nitrogens is 1. The number of fused-ring (bicyclic) bond motifs is 1. The number of carbonyl (C=O) groups is 1. The lowest BCUT2D eigenvalue weighted by atomic mass is 9.81. The van der Waals surface area contributed by atoms with Gasteiger partial charge in [0, 0.05) is 62.5 Å². The van der Waals surface area contributed by atoms with Crippen LogP contribution in [0.2, 0.25) is 0 Å². The van der Waals surface area contributed by atoms with Gasteiger partial charge in [-0.1, -0.05) is 18.7 Å². The topological polar surface area (TPSA) is 88.6 Å². The normalized spacial score (nSPS) is 22.7. The van der Waals surface area contributed by atoms with E-state index in [-0.39, 0.29) is 11.7 Å². The molecule has 0 bridgehead atoms. The van der Waals surface area contributed by atoms with Gasteiger partial charge < -0.3 is 19.9 Å². The first kappa shape index (κ1) is 26.4. The fourth-order valence-corrected chi connectivity index (χ4v) is 6.11. The summed E-state index contributed by atoms with van der Waals surface area (Å²) in [6, 6.07) is 10.1. The number of piperazine rings is 1. The van der Waals surface area contributed by atoms with Gasteiger partial charge in [0.05, 0.1) is 5.69 Å². The number of nitrogens with one attached hydrogen (secondary N) is 1. The van der Waals surface area contributed by atoms with Gasteiger partial charge in [0.15, 0.2) is 5.65 Å². The molecule has 0 unspecified atom stereocenters. The van der Waals surface area contributed by atoms with E-state index in [1.165, 1.54) is 63.5 Å². The third-order valence-corrected chi connectivity index (χ3v) is 8.43. The molecule has 2 saturated heterocycles. The molecular formula is C30H40N6O2. The molecule has 3 aromatic rings. The van der Waals surface area contributed by atoms with E-state index >= 15 is 0 Å². The van der Waals surface area contributed by atoms with E-state index in [4.69, 9.17) is 0 Å². The highest BCUT2D eigenvalue weighted by Crippen LogP contribution is 2.39. The summed E-state index contributed by atoms with van der Waals surface area (Å²) in [5.41, 5.74) is 3.64. The number of aromatic nitrogens is 3. The molecule has 2 aliphatic heterocycles. The Balaban J connectivity index is 0.000000278. The van der Waals surface area contributed by atoms with Gasteiger partial charge in [0.2, 0.25) is 5.91 Å². The third kappa shape index (κ3) is 5.92. The Bertz CT molecular complexity index is 1230. The van der Waals surface area contributed by atoms with Gasteiger partial charge >= 0.3 is 0 Å². The Morgan fingerprint density at radius 3 is 2.42 bits per heavy atom. The number of phenols is 1. The molecule has 6 rings (SSSR count). The number of hydrogen-bond donors (Lipinski definition) is 2. The van der Waals surface area contributed by atoms with Crippen molar-refractivity contribution in [2.24, 2.45) is 0 Å². The second kappa shape index (κ2) is 12.1. The first-order chi connectivity index (χ1) is 18.5. The van der Waals surface area contributed by atoms with Gasteiger partial charge in [-0.3, -0.25) is 9.69 Å². The van der Waals surface area contributed by atoms with Gasteiger partial charge in [-0.2, -0.15) is 0 Å². The van der Waals surface area contributed by atoms with Gasteiger partial charge in [0.1, 0.15) is 5.75 Å². The van der Waals surface area contributed by atoms with Crippen molar-refractivity contribution in [3.05, 3.63) is 54.7 Å². The molecule has 8 nitrogen and oxygen atoms in total. The van der Waals surface area contributed by atoms with E-state index in [1.807, 2.05) is 23.1 Å². The average Bonchev–Trinajstić information content (AvgIpc) is 3.64. The molecule has 1 saturated carbocycles. The first-order valence-corrected chi connectivity index (χ1v) is 14.0. The quantitative estimate of drug-likeness (QED) is 0.500. The van der Waals surface area contributed by atoms with Crippen molar-refractivity contribution in [1.82, 2.24) is 29.9 Å². The van der Waals surface area contributed by atoms with Crippen LogP contribution in [0.3, 0.4) is 0 Å². The SMILES string of the molecule is C=CC(=O)N1CCCC1.CN1CCN(C2CCC(c3c[nH]c4nnc(-c5ccccc5O)cc34)CC2)CC1. The molecule has 3 fully saturated rings. The number of aromatic amines is 1. The number of amides is 1. The molecule has 2 N–H and O–H groups in total. The maximum absolute atomic E-state index is 10.8. The number of benzene rings is 1. The van der Waals surface area contributed by atoms with Gasteiger partial charge in [-0.15, -0.1) is 10.2 Å². The maximum atomic E-state index is 10.8. The highest BCUT2D eigenvalue weighted by molar-refractivity contribution is 5.87. The molecule has 38 heavy (non-hydrogen) atoms. The molecule has 0 atom stereocenters. The molecule has 2 aromatic heterocycles. The van der Waals surface area contributed by atoms with E-state index in [2.05, 4.69) is 50.9 Å². The largest absolute Gasteiger partial charge is 0.507 e. The fourth-order valence-electron chi connectivity index (χ4n) is 6.11. The molecule has 3 aliphatic rings. The minimum absolute atomic E-state index is 0.0764. The van der Waals surface area contributed by atoms with Gasteiger partial charge in [0.25, 0.3) is 0 Å². The number of likely N-dealkylation sites (tertiary alicyclic amines) is 1. The number of phenolic OH excluding ortho intramolecular Hbond substituents is 1. The van der Waals surface area contributed by atoms with E-state index in [9.17, 15) is 9.90 Å². The van der Waals surface area contributed by atoms with Crippen LogP contribution in [0.25, 0.3) is 22.3 Å². The maximum Gasteiger partial charge on any atom is 0.245 e. The van der Waals surface area contributed by atoms with Crippen molar-refractivity contribution < 1.29 is 9.90 Å². The van der Waals surface area contributed by atoms with Crippen LogP contribution >= 0.6 is 0 Å². The van der Waals surface area contributed by atoms with Crippen molar-refractivity contribution in [3.8, 4) is 17.0 Å². The standard InChI is InChI=1S/C23H29N5O.C7H11NO/c1-27-10-12-28(13-11-27)17-8-6-16(7-9-17)20-15-24-23-19(20)14-21(25-26-23)18-4-2-3-5-22(18)29;1-2-7(9)8-5-3-4-6-8/h2-5,14-17,29H,6-13H2,1H3,(H,24,26);2H,1,3-6H2. The van der Waals surface area contributed by atoms with Crippen LogP contribution in [0, 0.1) is 0 Å². The summed E-state index contributed by atoms with van der Waals surface area (Å²) >= 11 is 0. The zero-order valence-corrected chi connectivity index (χ0v) is 22.5. The van der Waals surface area contributed by atoms with Crippen LogP contribution in [0.15, 0.2) is 49.2 Å². The summed E-state index contributed by atoms with van der Waals surface area (Å²) in [6.45, 7) is 10.1. The first-order valence-electron chi connectivity index (χ1n) is 14.0. The minimum Gasteiger partial charge on any atom is -0.507 e. The molecule has 202 valence electrons. The Kier molecular flexibility index (Phi) is 8.39. The smallest absolute Gasteiger partial charge is 0.245 e. The number of rotatable bonds is 4. The summed E-state index contributed by atoms with van der Waals surface area (Å²) < 4.78 is 0. The Morgan fingerprint density at radius 2 is 1.74 bits per heavy atom. The lowest BCUT2D eigenvalue weighted by molar-refractivity contribution is -0.124. The van der Waals surface area contributed by atoms with Crippen molar-refractivity contribution in [1.29, 1.82) is 0 Å². The highest BCUT2D eigenvalue weighted by atomic mass is 16.3. The van der Waals surface area contributed by atoms with Crippen LogP contribution in [0.1, 0.15) is 50.0 Å². The fraction of sp³-hybridized carbons (Fsp3) is 0.500. The van der Waals surface area contributed by atoms with Crippen molar-refractivity contribution >= 4 is 16.9 Å². The molecule has 1 aliphatic carbocycles. The molecule has 1 aromatic carbocycles. The Morgan fingerprint density at radius 1 is 1.03 bits per heavy atom. The van der Waals surface area contributed by atoms with Gasteiger partial charge in [-0.25, -0.2) is 0 Å². The van der Waals surface area contributed by atoms with Crippen molar-refractivity contribution in [2.45, 2.75) is 50.5 Å². The van der Waals surface area contributed by atoms with E-state index in [0.717, 1.165) is 54.3 Å². The number of nitrogens with zero attached hydrogens (tertiary/aromatic N) is 5. The zero-order chi connectivity index (χ0) is 26.5. The average molecular weight is 517 g/mol. The number of likely N-dealkylation sites (N-methyl/N-ethyl adjacent to an activating group) is 1. The summed E-state index contributed by atoms with van der Waals surface area (Å²) in [7, 11) is 2.22. The van der Waals surface area contributed by atoms with Crippen LogP contribution in [0.5, 0.6) is 5.75 Å². The number of para-hydroxylation sites is 1. The summed E-state index contributed by atoms with van der Waals surface area (Å²) in [5, 5.41) is 20.0. The molecule has 4 heterocycles. The zero-order valence-electron chi connectivity index (χ0n) is 22.5. The second-order valence-corrected chi connectivity index (χ2v) is 10.8. The van der Waals surface area contributed by atoms with E-state index in [0.29, 0.717) is 5.92 Å². The second-order valence-electron chi connectivity index (χ2n) is 10.8. The minimum atomic E-state index is 0.0764. The third-order valence-electron chi connectivity index (χ3n) is 8.43. The Labute approximate surface area is 225 Å². The van der Waals surface area contributed by atoms with Crippen molar-refractivity contribution in [2.75, 3.05) is 46.3 Å². The monoisotopic (exact) mass is 516 g/mol. The van der Waals surface area contributed by atoms with Gasteiger partial charge in [-0.05, 0) is 81.3 Å². The molecular weight excluding hydrogens is 476 g/mol. The summed E-state index contributed by atoms with van der Waals surface area (Å²) in [4.78, 5) is 21.1. The molecule has 8 heteroatoms. The van der Waals surface area contributed by atoms with Crippen LogP contribution < -0.4 is 0 Å². The highest BCUT2D eigenvalue weighted by Gasteiger charge is 2.29. The van der Waals surface area contributed by atoms with Crippen LogP contribution in [0.4, 0.5) is 0 Å². The number of hydrogen-bond acceptors (Lipinski definition) is 6. The van der Waals surface area contributed by atoms with Crippen LogP contribution in [-0.4, -0.2) is 93.3 Å².